The Labute approximate surface area is 126 Å². The highest BCUT2D eigenvalue weighted by atomic mass is 16.5. The minimum absolute atomic E-state index is 0.271. The number of nitrogens with zero attached hydrogens (tertiary/aromatic N) is 2. The van der Waals surface area contributed by atoms with Gasteiger partial charge in [0.2, 0.25) is 0 Å². The van der Waals surface area contributed by atoms with Gasteiger partial charge in [-0.3, -0.25) is 14.9 Å². The van der Waals surface area contributed by atoms with Crippen LogP contribution >= 0.6 is 0 Å². The van der Waals surface area contributed by atoms with E-state index in [0.717, 1.165) is 5.52 Å². The van der Waals surface area contributed by atoms with E-state index in [4.69, 9.17) is 9.47 Å². The van der Waals surface area contributed by atoms with Crippen LogP contribution < -0.4 is 14.8 Å². The first-order chi connectivity index (χ1) is 10.7. The van der Waals surface area contributed by atoms with Crippen molar-refractivity contribution in [2.24, 2.45) is 0 Å². The number of nitrogens with one attached hydrogen (secondary N) is 2. The van der Waals surface area contributed by atoms with E-state index < -0.39 is 0 Å². The van der Waals surface area contributed by atoms with Crippen LogP contribution in [-0.2, 0) is 0 Å². The summed E-state index contributed by atoms with van der Waals surface area (Å²) in [5.41, 5.74) is 1.53. The molecule has 1 amide bonds. The lowest BCUT2D eigenvalue weighted by Crippen LogP contribution is -2.13. The molecule has 0 aliphatic rings. The Morgan fingerprint density at radius 2 is 2.09 bits per heavy atom. The topological polar surface area (TPSA) is 89.1 Å². The Morgan fingerprint density at radius 3 is 2.86 bits per heavy atom. The first-order valence-corrected chi connectivity index (χ1v) is 6.54. The Hall–Kier alpha value is -3.09. The smallest absolute Gasteiger partial charge is 0.276 e. The lowest BCUT2D eigenvalue weighted by atomic mass is 10.2. The van der Waals surface area contributed by atoms with Gasteiger partial charge in [-0.2, -0.15) is 5.10 Å². The van der Waals surface area contributed by atoms with Gasteiger partial charge in [-0.25, -0.2) is 0 Å². The molecule has 0 unspecified atom stereocenters. The number of ether oxygens (including phenoxy) is 2. The molecule has 2 aromatic heterocycles. The third kappa shape index (κ3) is 2.44. The van der Waals surface area contributed by atoms with Crippen LogP contribution in [0.3, 0.4) is 0 Å². The van der Waals surface area contributed by atoms with Crippen LogP contribution in [0.25, 0.3) is 10.9 Å². The highest BCUT2D eigenvalue weighted by Gasteiger charge is 2.16. The zero-order valence-electron chi connectivity index (χ0n) is 12.1. The molecule has 0 fully saturated rings. The number of rotatable bonds is 4. The molecule has 7 nitrogen and oxygen atoms in total. The summed E-state index contributed by atoms with van der Waals surface area (Å²) >= 11 is 0. The lowest BCUT2D eigenvalue weighted by molar-refractivity contribution is 0.102. The van der Waals surface area contributed by atoms with Gasteiger partial charge in [-0.1, -0.05) is 0 Å². The summed E-state index contributed by atoms with van der Waals surface area (Å²) in [6.07, 6.45) is 3.23. The zero-order chi connectivity index (χ0) is 15.5. The predicted octanol–water partition coefficient (Wildman–Crippen LogP) is 2.23. The van der Waals surface area contributed by atoms with Crippen LogP contribution in [0.5, 0.6) is 11.5 Å². The standard InChI is InChI=1S/C15H14N4O3/c1-21-9-3-4-13(22-2)12(7-9)17-15(20)14-10-8-16-6-5-11(10)18-19-14/h3-8H,1-2H3,(H,17,20)(H,18,19). The molecule has 112 valence electrons. The number of benzene rings is 1. The number of hydrogen-bond acceptors (Lipinski definition) is 5. The second-order valence-corrected chi connectivity index (χ2v) is 4.51. The largest absolute Gasteiger partial charge is 0.497 e. The highest BCUT2D eigenvalue weighted by molar-refractivity contribution is 6.11. The average molecular weight is 298 g/mol. The molecule has 0 saturated heterocycles. The number of H-pyrrole nitrogens is 1. The summed E-state index contributed by atoms with van der Waals surface area (Å²) in [6.45, 7) is 0. The van der Waals surface area contributed by atoms with E-state index in [1.165, 1.54) is 7.11 Å². The molecule has 3 rings (SSSR count). The highest BCUT2D eigenvalue weighted by Crippen LogP contribution is 2.29. The van der Waals surface area contributed by atoms with Crippen molar-refractivity contribution in [3.05, 3.63) is 42.4 Å². The average Bonchev–Trinajstić information content (AvgIpc) is 2.99. The van der Waals surface area contributed by atoms with E-state index in [-0.39, 0.29) is 11.6 Å². The summed E-state index contributed by atoms with van der Waals surface area (Å²) in [7, 11) is 3.09. The monoisotopic (exact) mass is 298 g/mol. The fourth-order valence-electron chi connectivity index (χ4n) is 2.12. The molecule has 3 aromatic rings. The summed E-state index contributed by atoms with van der Waals surface area (Å²) in [4.78, 5) is 16.5. The molecule has 0 saturated carbocycles. The molecule has 0 aliphatic carbocycles. The van der Waals surface area contributed by atoms with Gasteiger partial charge in [-0.15, -0.1) is 0 Å². The Morgan fingerprint density at radius 1 is 1.23 bits per heavy atom. The summed E-state index contributed by atoms with van der Waals surface area (Å²) in [5.74, 6) is 0.794. The maximum Gasteiger partial charge on any atom is 0.276 e. The van der Waals surface area contributed by atoms with Gasteiger partial charge in [0.15, 0.2) is 5.69 Å². The van der Waals surface area contributed by atoms with Crippen LogP contribution in [0.15, 0.2) is 36.7 Å². The molecule has 0 spiro atoms. The van der Waals surface area contributed by atoms with E-state index in [0.29, 0.717) is 22.6 Å². The normalized spacial score (nSPS) is 10.5. The number of anilines is 1. The number of hydrogen-bond donors (Lipinski definition) is 2. The number of methoxy groups -OCH3 is 2. The Bertz CT molecular complexity index is 829. The number of pyridine rings is 1. The fraction of sp³-hybridized carbons (Fsp3) is 0.133. The molecule has 0 radical (unpaired) electrons. The van der Waals surface area contributed by atoms with E-state index in [1.807, 2.05) is 0 Å². The van der Waals surface area contributed by atoms with Gasteiger partial charge in [0.05, 0.1) is 30.8 Å². The minimum Gasteiger partial charge on any atom is -0.497 e. The Balaban J connectivity index is 1.94. The van der Waals surface area contributed by atoms with E-state index in [9.17, 15) is 4.79 Å². The van der Waals surface area contributed by atoms with Gasteiger partial charge in [-0.05, 0) is 18.2 Å². The molecule has 2 heterocycles. The summed E-state index contributed by atoms with van der Waals surface area (Å²) < 4.78 is 10.4. The summed E-state index contributed by atoms with van der Waals surface area (Å²) in [6, 6.07) is 6.91. The van der Waals surface area contributed by atoms with Crippen molar-refractivity contribution in [2.45, 2.75) is 0 Å². The molecule has 7 heteroatoms. The van der Waals surface area contributed by atoms with Crippen LogP contribution in [0.2, 0.25) is 0 Å². The second-order valence-electron chi connectivity index (χ2n) is 4.51. The number of aromatic nitrogens is 3. The van der Waals surface area contributed by atoms with E-state index in [1.54, 1.807) is 43.8 Å². The second kappa shape index (κ2) is 5.72. The van der Waals surface area contributed by atoms with Crippen molar-refractivity contribution in [3.63, 3.8) is 0 Å². The third-order valence-electron chi connectivity index (χ3n) is 3.23. The molecule has 2 N–H and O–H groups in total. The molecule has 1 aromatic carbocycles. The third-order valence-corrected chi connectivity index (χ3v) is 3.23. The summed E-state index contributed by atoms with van der Waals surface area (Å²) in [5, 5.41) is 10.3. The van der Waals surface area contributed by atoms with E-state index in [2.05, 4.69) is 20.5 Å². The number of carbonyl (C=O) groups is 1. The number of fused-ring (bicyclic) bond motifs is 1. The van der Waals surface area contributed by atoms with Crippen molar-refractivity contribution in [1.82, 2.24) is 15.2 Å². The fourth-order valence-corrected chi connectivity index (χ4v) is 2.12. The molecule has 22 heavy (non-hydrogen) atoms. The number of amides is 1. The maximum atomic E-state index is 12.4. The molecule has 0 bridgehead atoms. The van der Waals surface area contributed by atoms with Crippen molar-refractivity contribution in [3.8, 4) is 11.5 Å². The minimum atomic E-state index is -0.356. The number of carbonyl (C=O) groups excluding carboxylic acids is 1. The van der Waals surface area contributed by atoms with Crippen molar-refractivity contribution < 1.29 is 14.3 Å². The Kier molecular flexibility index (Phi) is 3.61. The predicted molar refractivity (Wildman–Crippen MR) is 81.4 cm³/mol. The van der Waals surface area contributed by atoms with Crippen LogP contribution in [-0.4, -0.2) is 35.3 Å². The van der Waals surface area contributed by atoms with Crippen LogP contribution in [0, 0.1) is 0 Å². The molecule has 0 atom stereocenters. The van der Waals surface area contributed by atoms with Crippen molar-refractivity contribution in [1.29, 1.82) is 0 Å². The van der Waals surface area contributed by atoms with Gasteiger partial charge in [0.25, 0.3) is 5.91 Å². The number of aromatic amines is 1. The van der Waals surface area contributed by atoms with Gasteiger partial charge in [0.1, 0.15) is 11.5 Å². The van der Waals surface area contributed by atoms with Crippen LogP contribution in [0.1, 0.15) is 10.5 Å². The van der Waals surface area contributed by atoms with Gasteiger partial charge < -0.3 is 14.8 Å². The zero-order valence-corrected chi connectivity index (χ0v) is 12.1. The first kappa shape index (κ1) is 13.9. The van der Waals surface area contributed by atoms with Gasteiger partial charge in [0, 0.05) is 18.5 Å². The van der Waals surface area contributed by atoms with Gasteiger partial charge >= 0.3 is 0 Å². The lowest BCUT2D eigenvalue weighted by Gasteiger charge is -2.11. The SMILES string of the molecule is COc1ccc(OC)c(NC(=O)c2n[nH]c3ccncc23)c1. The van der Waals surface area contributed by atoms with Crippen molar-refractivity contribution in [2.75, 3.05) is 19.5 Å². The van der Waals surface area contributed by atoms with Crippen molar-refractivity contribution >= 4 is 22.5 Å². The van der Waals surface area contributed by atoms with Crippen LogP contribution in [0.4, 0.5) is 5.69 Å². The first-order valence-electron chi connectivity index (χ1n) is 6.54. The molecular formula is C15H14N4O3. The quantitative estimate of drug-likeness (QED) is 0.771. The van der Waals surface area contributed by atoms with E-state index >= 15 is 0 Å². The molecular weight excluding hydrogens is 284 g/mol. The maximum absolute atomic E-state index is 12.4. The molecule has 0 aliphatic heterocycles.